The molecule has 4 bridgehead atoms. The molecule has 2 fully saturated rings. The van der Waals surface area contributed by atoms with E-state index in [1.807, 2.05) is 58.1 Å². The lowest BCUT2D eigenvalue weighted by Crippen LogP contribution is -2.60. The number of ether oxygens (including phenoxy) is 6. The number of anilines is 1. The van der Waals surface area contributed by atoms with Crippen LogP contribution in [0.2, 0.25) is 5.02 Å². The van der Waals surface area contributed by atoms with E-state index in [9.17, 15) is 29.1 Å². The molecule has 15 nitrogen and oxygen atoms in total. The number of halogens is 1. The quantitative estimate of drug-likeness (QED) is 0.134. The maximum atomic E-state index is 14.1. The molecule has 4 heterocycles. The van der Waals surface area contributed by atoms with Crippen molar-refractivity contribution in [1.29, 1.82) is 0 Å². The van der Waals surface area contributed by atoms with Gasteiger partial charge in [-0.15, -0.1) is 0 Å². The fourth-order valence-electron chi connectivity index (χ4n) is 7.26. The van der Waals surface area contributed by atoms with Crippen molar-refractivity contribution >= 4 is 47.1 Å². The zero-order valence-corrected chi connectivity index (χ0v) is 34.3. The number of aliphatic hydroxyl groups is 1. The van der Waals surface area contributed by atoms with E-state index in [1.165, 1.54) is 24.0 Å². The van der Waals surface area contributed by atoms with E-state index in [0.717, 1.165) is 21.6 Å². The number of aryl methyl sites for hydroxylation is 1. The SMILES string of the molecule is C/C1=C\C=C\[C@@H](C)[C@@]2(O)CC(OC(=O)N2)[C@@H](C)[C@@H]2O[C@@]2(C)[C@@H](OC(=O)[C@H](C)OCCOCCOCCN2C(=O)C=CC2=O)CC(=O)N(C)c2cc(cc(C)c2Cl)C1. The van der Waals surface area contributed by atoms with Gasteiger partial charge in [-0.3, -0.25) is 24.6 Å². The Balaban J connectivity index is 1.26. The number of benzene rings is 1. The highest BCUT2D eigenvalue weighted by Crippen LogP contribution is 2.49. The van der Waals surface area contributed by atoms with Crippen molar-refractivity contribution in [3.8, 4) is 0 Å². The van der Waals surface area contributed by atoms with E-state index in [0.29, 0.717) is 17.1 Å². The number of amides is 4. The third-order valence-corrected chi connectivity index (χ3v) is 11.5. The first-order chi connectivity index (χ1) is 26.9. The fraction of sp³-hybridized carbons (Fsp3) is 0.585. The van der Waals surface area contributed by atoms with Crippen molar-refractivity contribution in [1.82, 2.24) is 10.2 Å². The highest BCUT2D eigenvalue weighted by atomic mass is 35.5. The Kier molecular flexibility index (Phi) is 14.4. The molecule has 1 unspecified atom stereocenters. The summed E-state index contributed by atoms with van der Waals surface area (Å²) >= 11 is 6.77. The van der Waals surface area contributed by atoms with Crippen LogP contribution in [-0.4, -0.2) is 122 Å². The smallest absolute Gasteiger partial charge is 0.409 e. The number of carbonyl (C=O) groups is 5. The van der Waals surface area contributed by atoms with Gasteiger partial charge in [-0.1, -0.05) is 55.3 Å². The Bertz CT molecular complexity index is 1780. The van der Waals surface area contributed by atoms with Crippen molar-refractivity contribution in [3.63, 3.8) is 0 Å². The van der Waals surface area contributed by atoms with Crippen LogP contribution >= 0.6 is 11.6 Å². The number of hydrogen-bond acceptors (Lipinski definition) is 12. The highest BCUT2D eigenvalue weighted by Gasteiger charge is 2.64. The number of hydrogen-bond donors (Lipinski definition) is 2. The summed E-state index contributed by atoms with van der Waals surface area (Å²) in [5.41, 5.74) is 0.480. The molecule has 0 spiro atoms. The minimum Gasteiger partial charge on any atom is -0.457 e. The molecule has 1 aromatic carbocycles. The number of esters is 1. The molecule has 0 saturated carbocycles. The second-order valence-electron chi connectivity index (χ2n) is 15.4. The van der Waals surface area contributed by atoms with Crippen LogP contribution < -0.4 is 10.2 Å². The largest absolute Gasteiger partial charge is 0.457 e. The van der Waals surface area contributed by atoms with Gasteiger partial charge in [0.15, 0.2) is 6.10 Å². The molecule has 0 radical (unpaired) electrons. The number of alkyl carbamates (subject to hydrolysis) is 1. The minimum absolute atomic E-state index is 0.0545. The monoisotopic (exact) mass is 815 g/mol. The Morgan fingerprint density at radius 1 is 1.05 bits per heavy atom. The van der Waals surface area contributed by atoms with Gasteiger partial charge >= 0.3 is 12.1 Å². The van der Waals surface area contributed by atoms with E-state index in [4.69, 9.17) is 40.0 Å². The summed E-state index contributed by atoms with van der Waals surface area (Å²) in [6, 6.07) is 3.83. The van der Waals surface area contributed by atoms with Gasteiger partial charge in [0.2, 0.25) is 5.91 Å². The number of fused-ring (bicyclic) bond motifs is 5. The fourth-order valence-corrected chi connectivity index (χ4v) is 7.50. The maximum absolute atomic E-state index is 14.1. The number of nitrogens with zero attached hydrogens (tertiary/aromatic N) is 2. The number of nitrogens with one attached hydrogen (secondary N) is 1. The maximum Gasteiger partial charge on any atom is 0.409 e. The summed E-state index contributed by atoms with van der Waals surface area (Å²) in [5.74, 6) is -2.78. The molecule has 0 aliphatic carbocycles. The lowest BCUT2D eigenvalue weighted by Gasteiger charge is -2.41. The van der Waals surface area contributed by atoms with Crippen LogP contribution in [0.4, 0.5) is 10.5 Å². The molecule has 0 aromatic heterocycles. The Labute approximate surface area is 338 Å². The summed E-state index contributed by atoms with van der Waals surface area (Å²) in [6.45, 7) is 11.7. The first-order valence-electron chi connectivity index (χ1n) is 19.2. The molecule has 4 aliphatic rings. The third kappa shape index (κ3) is 10.7. The first-order valence-corrected chi connectivity index (χ1v) is 19.6. The number of imide groups is 1. The molecule has 4 aliphatic heterocycles. The molecule has 16 heteroatoms. The first kappa shape index (κ1) is 44.0. The Hall–Kier alpha value is -4.12. The molecular formula is C41H54ClN3O12. The molecule has 1 aromatic rings. The van der Waals surface area contributed by atoms with Gasteiger partial charge in [0.05, 0.1) is 62.8 Å². The van der Waals surface area contributed by atoms with Crippen LogP contribution in [-0.2, 0) is 54.0 Å². The Morgan fingerprint density at radius 3 is 2.42 bits per heavy atom. The second kappa shape index (κ2) is 18.6. The standard InChI is InChI=1S/C41H54ClN3O12/c1-24-9-8-10-26(3)41(51)23-31(55-39(50)43-41)27(4)37-40(6,57-37)32(22-35(48)44(7)30-21-29(19-24)20-25(2)36(30)42)56-38(49)28(5)54-18-17-53-16-15-52-14-13-45-33(46)11-12-34(45)47/h8-12,20-21,26-28,31-32,37,51H,13-19,22-23H2,1-7H3,(H,43,50)/b10-8+,24-9+/t26-,27-,28+,31?,32+,37+,40+,41+/m1/s1. The molecule has 2 N–H and O–H groups in total. The average Bonchev–Trinajstić information content (AvgIpc) is 3.75. The topological polar surface area (TPSA) is 183 Å². The van der Waals surface area contributed by atoms with E-state index < -0.39 is 59.6 Å². The van der Waals surface area contributed by atoms with Crippen LogP contribution in [0, 0.1) is 18.8 Å². The van der Waals surface area contributed by atoms with Gasteiger partial charge < -0.3 is 38.4 Å². The van der Waals surface area contributed by atoms with Crippen LogP contribution in [0.15, 0.2) is 48.1 Å². The van der Waals surface area contributed by atoms with Crippen molar-refractivity contribution in [2.45, 2.75) is 96.5 Å². The van der Waals surface area contributed by atoms with Gasteiger partial charge in [-0.05, 0) is 51.3 Å². The summed E-state index contributed by atoms with van der Waals surface area (Å²) in [4.78, 5) is 66.2. The lowest BCUT2D eigenvalue weighted by molar-refractivity contribution is -0.166. The lowest BCUT2D eigenvalue weighted by atomic mass is 9.82. The second-order valence-corrected chi connectivity index (χ2v) is 15.7. The minimum atomic E-state index is -1.61. The summed E-state index contributed by atoms with van der Waals surface area (Å²) in [5, 5.41) is 14.7. The van der Waals surface area contributed by atoms with E-state index >= 15 is 0 Å². The van der Waals surface area contributed by atoms with Crippen LogP contribution in [0.5, 0.6) is 0 Å². The zero-order valence-electron chi connectivity index (χ0n) is 33.6. The van der Waals surface area contributed by atoms with Crippen molar-refractivity contribution in [3.05, 3.63) is 64.2 Å². The molecule has 5 rings (SSSR count). The molecule has 8 atom stereocenters. The van der Waals surface area contributed by atoms with Gasteiger partial charge in [0.25, 0.3) is 11.8 Å². The summed E-state index contributed by atoms with van der Waals surface area (Å²) in [7, 11) is 1.62. The molecule has 4 amide bonds. The Morgan fingerprint density at radius 2 is 1.72 bits per heavy atom. The molecule has 312 valence electrons. The van der Waals surface area contributed by atoms with Gasteiger partial charge in [0.1, 0.15) is 23.5 Å². The van der Waals surface area contributed by atoms with E-state index in [1.54, 1.807) is 14.0 Å². The zero-order chi connectivity index (χ0) is 41.7. The van der Waals surface area contributed by atoms with Crippen LogP contribution in [0.3, 0.4) is 0 Å². The average molecular weight is 816 g/mol. The number of rotatable bonds is 12. The van der Waals surface area contributed by atoms with Crippen molar-refractivity contribution < 1.29 is 57.5 Å². The van der Waals surface area contributed by atoms with Crippen LogP contribution in [0.1, 0.15) is 58.6 Å². The molecule has 2 saturated heterocycles. The summed E-state index contributed by atoms with van der Waals surface area (Å²) in [6.07, 6.45) is 4.18. The van der Waals surface area contributed by atoms with Crippen molar-refractivity contribution in [2.75, 3.05) is 51.5 Å². The molecule has 57 heavy (non-hydrogen) atoms. The third-order valence-electron chi connectivity index (χ3n) is 11.0. The number of carbonyl (C=O) groups excluding carboxylic acids is 5. The van der Waals surface area contributed by atoms with E-state index in [2.05, 4.69) is 5.32 Å². The molecular weight excluding hydrogens is 762 g/mol. The van der Waals surface area contributed by atoms with E-state index in [-0.39, 0.29) is 70.1 Å². The summed E-state index contributed by atoms with van der Waals surface area (Å²) < 4.78 is 34.6. The number of allylic oxidation sites excluding steroid dienone is 3. The van der Waals surface area contributed by atoms with Crippen molar-refractivity contribution in [2.24, 2.45) is 11.8 Å². The highest BCUT2D eigenvalue weighted by molar-refractivity contribution is 6.34. The van der Waals surface area contributed by atoms with Gasteiger partial charge in [-0.2, -0.15) is 0 Å². The van der Waals surface area contributed by atoms with Crippen LogP contribution in [0.25, 0.3) is 0 Å². The number of epoxide rings is 1. The predicted molar refractivity (Wildman–Crippen MR) is 208 cm³/mol. The van der Waals surface area contributed by atoms with Gasteiger partial charge in [-0.25, -0.2) is 9.59 Å². The normalized spacial score (nSPS) is 31.2. The predicted octanol–water partition coefficient (Wildman–Crippen LogP) is 3.95. The van der Waals surface area contributed by atoms with Gasteiger partial charge in [0, 0.05) is 37.5 Å².